The molecule has 0 spiro atoms. The van der Waals surface area contributed by atoms with Crippen LogP contribution in [0.15, 0.2) is 0 Å². The average Bonchev–Trinajstić information content (AvgIpc) is 2.81. The maximum atomic E-state index is 5.96. The summed E-state index contributed by atoms with van der Waals surface area (Å²) in [4.78, 5) is 8.04. The Labute approximate surface area is 200 Å². The van der Waals surface area contributed by atoms with Crippen molar-refractivity contribution in [2.45, 2.75) is 84.6 Å². The largest absolute Gasteiger partial charge is 0.500 e. The van der Waals surface area contributed by atoms with Crippen LogP contribution in [0.1, 0.15) is 78.6 Å². The van der Waals surface area contributed by atoms with Gasteiger partial charge in [-0.25, -0.2) is 0 Å². The number of likely N-dealkylation sites (tertiary alicyclic amines) is 1. The van der Waals surface area contributed by atoms with E-state index in [0.29, 0.717) is 19.8 Å². The minimum absolute atomic E-state index is 0.679. The van der Waals surface area contributed by atoms with Crippen molar-refractivity contribution in [3.05, 3.63) is 0 Å². The Balaban J connectivity index is 1.45. The van der Waals surface area contributed by atoms with E-state index in [0.717, 1.165) is 12.5 Å². The molecule has 0 radical (unpaired) electrons. The fourth-order valence-electron chi connectivity index (χ4n) is 5.09. The Morgan fingerprint density at radius 2 is 0.938 bits per heavy atom. The zero-order valence-corrected chi connectivity index (χ0v) is 22.6. The van der Waals surface area contributed by atoms with E-state index < -0.39 is 8.80 Å². The summed E-state index contributed by atoms with van der Waals surface area (Å²) in [6, 6.07) is 0.963. The number of nitrogens with zero attached hydrogens (tertiary/aromatic N) is 3. The number of hydrogen-bond acceptors (Lipinski definition) is 6. The lowest BCUT2D eigenvalue weighted by Gasteiger charge is -2.36. The molecule has 2 fully saturated rings. The molecule has 0 atom stereocenters. The molecule has 6 nitrogen and oxygen atoms in total. The first-order valence-corrected chi connectivity index (χ1v) is 15.7. The highest BCUT2D eigenvalue weighted by molar-refractivity contribution is 6.60. The first-order chi connectivity index (χ1) is 15.7. The van der Waals surface area contributed by atoms with Crippen LogP contribution < -0.4 is 0 Å². The second kappa shape index (κ2) is 17.4. The number of rotatable bonds is 18. The van der Waals surface area contributed by atoms with Crippen LogP contribution in [-0.2, 0) is 13.3 Å². The van der Waals surface area contributed by atoms with Crippen molar-refractivity contribution >= 4 is 8.80 Å². The van der Waals surface area contributed by atoms with Gasteiger partial charge in [0.2, 0.25) is 0 Å². The summed E-state index contributed by atoms with van der Waals surface area (Å²) in [5, 5.41) is 0. The van der Waals surface area contributed by atoms with Gasteiger partial charge in [0.1, 0.15) is 0 Å². The summed E-state index contributed by atoms with van der Waals surface area (Å²) in [7, 11) is -2.43. The fourth-order valence-corrected chi connectivity index (χ4v) is 7.77. The topological polar surface area (TPSA) is 37.4 Å². The van der Waals surface area contributed by atoms with Crippen molar-refractivity contribution in [1.29, 1.82) is 0 Å². The first-order valence-electron chi connectivity index (χ1n) is 13.8. The lowest BCUT2D eigenvalue weighted by Crippen LogP contribution is -2.48. The van der Waals surface area contributed by atoms with Gasteiger partial charge in [-0.3, -0.25) is 4.90 Å². The van der Waals surface area contributed by atoms with Gasteiger partial charge in [0.25, 0.3) is 0 Å². The van der Waals surface area contributed by atoms with E-state index in [9.17, 15) is 0 Å². The van der Waals surface area contributed by atoms with Crippen LogP contribution in [0.25, 0.3) is 0 Å². The molecule has 2 aliphatic rings. The number of hydrogen-bond donors (Lipinski definition) is 0. The van der Waals surface area contributed by atoms with Gasteiger partial charge in [0, 0.05) is 65.1 Å². The summed E-state index contributed by atoms with van der Waals surface area (Å²) >= 11 is 0. The van der Waals surface area contributed by atoms with Gasteiger partial charge in [0.05, 0.1) is 0 Å². The normalized spacial score (nSPS) is 19.6. The van der Waals surface area contributed by atoms with E-state index in [1.165, 1.54) is 110 Å². The fraction of sp³-hybridized carbons (Fsp3) is 1.00. The van der Waals surface area contributed by atoms with Gasteiger partial charge >= 0.3 is 8.80 Å². The minimum atomic E-state index is -2.43. The molecule has 0 unspecified atom stereocenters. The van der Waals surface area contributed by atoms with Gasteiger partial charge in [-0.1, -0.05) is 32.1 Å². The number of piperidine rings is 1. The van der Waals surface area contributed by atoms with Crippen LogP contribution >= 0.6 is 0 Å². The van der Waals surface area contributed by atoms with Crippen molar-refractivity contribution < 1.29 is 13.3 Å². The molecule has 0 saturated carbocycles. The summed E-state index contributed by atoms with van der Waals surface area (Å²) in [5.41, 5.74) is 0. The third-order valence-corrected chi connectivity index (χ3v) is 10.1. The second-order valence-corrected chi connectivity index (χ2v) is 12.2. The Hall–Kier alpha value is -0.0231. The minimum Gasteiger partial charge on any atom is -0.374 e. The molecule has 0 aromatic rings. The van der Waals surface area contributed by atoms with Gasteiger partial charge in [-0.15, -0.1) is 0 Å². The van der Waals surface area contributed by atoms with E-state index in [1.807, 2.05) is 20.8 Å². The Kier molecular flexibility index (Phi) is 15.4. The lowest BCUT2D eigenvalue weighted by molar-refractivity contribution is 0.0706. The monoisotopic (exact) mass is 471 g/mol. The molecule has 0 aromatic heterocycles. The second-order valence-electron chi connectivity index (χ2n) is 9.44. The number of piperazine rings is 1. The average molecular weight is 472 g/mol. The van der Waals surface area contributed by atoms with E-state index in [1.54, 1.807) is 0 Å². The van der Waals surface area contributed by atoms with Crippen molar-refractivity contribution in [2.75, 3.05) is 78.7 Å². The van der Waals surface area contributed by atoms with Crippen LogP contribution in [0.2, 0.25) is 6.04 Å². The predicted octanol–water partition coefficient (Wildman–Crippen LogP) is 4.48. The summed E-state index contributed by atoms with van der Waals surface area (Å²) < 4.78 is 17.9. The maximum Gasteiger partial charge on any atom is 0.500 e. The highest BCUT2D eigenvalue weighted by Crippen LogP contribution is 2.20. The molecule has 0 amide bonds. The highest BCUT2D eigenvalue weighted by atomic mass is 28.4. The summed E-state index contributed by atoms with van der Waals surface area (Å²) in [6.45, 7) is 19.7. The third-order valence-electron chi connectivity index (χ3n) is 6.95. The van der Waals surface area contributed by atoms with E-state index >= 15 is 0 Å². The lowest BCUT2D eigenvalue weighted by atomic mass is 10.1. The van der Waals surface area contributed by atoms with Crippen molar-refractivity contribution in [3.63, 3.8) is 0 Å². The molecule has 0 aromatic carbocycles. The standard InChI is InChI=1S/C25H53N3O3Si/c1-4-29-32(30-5-2,31-6-3)25-15-10-8-7-9-12-18-27-20-23-28(24-21-27)22-19-26-16-13-11-14-17-26/h4-25H2,1-3H3. The zero-order chi connectivity index (χ0) is 22.9. The van der Waals surface area contributed by atoms with Crippen molar-refractivity contribution in [1.82, 2.24) is 14.7 Å². The van der Waals surface area contributed by atoms with E-state index in [-0.39, 0.29) is 0 Å². The van der Waals surface area contributed by atoms with Crippen molar-refractivity contribution in [3.8, 4) is 0 Å². The molecule has 7 heteroatoms. The quantitative estimate of drug-likeness (QED) is 0.217. The summed E-state index contributed by atoms with van der Waals surface area (Å²) in [6.07, 6.45) is 12.1. The van der Waals surface area contributed by atoms with E-state index in [4.69, 9.17) is 13.3 Å². The molecule has 2 aliphatic heterocycles. The van der Waals surface area contributed by atoms with Crippen LogP contribution in [0.5, 0.6) is 0 Å². The van der Waals surface area contributed by atoms with Crippen molar-refractivity contribution in [2.24, 2.45) is 0 Å². The van der Waals surface area contributed by atoms with Crippen LogP contribution in [-0.4, -0.2) is 102 Å². The molecule has 2 rings (SSSR count). The summed E-state index contributed by atoms with van der Waals surface area (Å²) in [5.74, 6) is 0. The molecule has 190 valence electrons. The molecule has 0 N–H and O–H groups in total. The van der Waals surface area contributed by atoms with Gasteiger partial charge in [0.15, 0.2) is 0 Å². The molecule has 32 heavy (non-hydrogen) atoms. The molecule has 2 saturated heterocycles. The van der Waals surface area contributed by atoms with Gasteiger partial charge in [-0.05, 0) is 66.1 Å². The SMILES string of the molecule is CCO[Si](CCCCCCCCN1CCN(CCN2CCCCC2)CC1)(OCC)OCC. The molecular weight excluding hydrogens is 418 g/mol. The maximum absolute atomic E-state index is 5.96. The van der Waals surface area contributed by atoms with Gasteiger partial charge in [-0.2, -0.15) is 0 Å². The molecule has 0 aliphatic carbocycles. The third kappa shape index (κ3) is 11.4. The molecular formula is C25H53N3O3Si. The predicted molar refractivity (Wildman–Crippen MR) is 136 cm³/mol. The van der Waals surface area contributed by atoms with Crippen LogP contribution in [0.4, 0.5) is 0 Å². The van der Waals surface area contributed by atoms with E-state index in [2.05, 4.69) is 14.7 Å². The highest BCUT2D eigenvalue weighted by Gasteiger charge is 2.39. The zero-order valence-electron chi connectivity index (χ0n) is 21.6. The Morgan fingerprint density at radius 1 is 0.500 bits per heavy atom. The first kappa shape index (κ1) is 28.2. The van der Waals surface area contributed by atoms with Crippen LogP contribution in [0, 0.1) is 0 Å². The van der Waals surface area contributed by atoms with Gasteiger partial charge < -0.3 is 23.1 Å². The molecule has 0 bridgehead atoms. The smallest absolute Gasteiger partial charge is 0.374 e. The Morgan fingerprint density at radius 3 is 1.47 bits per heavy atom. The number of unbranched alkanes of at least 4 members (excludes halogenated alkanes) is 5. The van der Waals surface area contributed by atoms with Crippen LogP contribution in [0.3, 0.4) is 0 Å². The molecule has 2 heterocycles. The Bertz CT molecular complexity index is 427.